The molecule has 118 valence electrons. The number of nitrogens with one attached hydrogen (secondary N) is 1. The molecule has 0 amide bonds. The van der Waals surface area contributed by atoms with Crippen molar-refractivity contribution in [2.24, 2.45) is 0 Å². The average Bonchev–Trinajstić information content (AvgIpc) is 2.46. The molecule has 2 rings (SSSR count). The van der Waals surface area contributed by atoms with Crippen LogP contribution in [0.3, 0.4) is 0 Å². The molecule has 6 heteroatoms. The van der Waals surface area contributed by atoms with E-state index >= 15 is 0 Å². The molecule has 0 aliphatic heterocycles. The largest absolute Gasteiger partial charge is 0.496 e. The summed E-state index contributed by atoms with van der Waals surface area (Å²) in [6, 6.07) is 11.9. The van der Waals surface area contributed by atoms with Gasteiger partial charge in [0.25, 0.3) is 10.0 Å². The summed E-state index contributed by atoms with van der Waals surface area (Å²) in [4.78, 5) is 0.219. The molecule has 0 bridgehead atoms. The highest BCUT2D eigenvalue weighted by Crippen LogP contribution is 2.29. The Morgan fingerprint density at radius 1 is 1.14 bits per heavy atom. The highest BCUT2D eigenvalue weighted by atomic mass is 79.9. The van der Waals surface area contributed by atoms with Crippen LogP contribution in [0.25, 0.3) is 0 Å². The number of rotatable bonds is 5. The summed E-state index contributed by atoms with van der Waals surface area (Å²) in [6.07, 6.45) is 0. The lowest BCUT2D eigenvalue weighted by Gasteiger charge is -2.14. The van der Waals surface area contributed by atoms with E-state index in [1.54, 1.807) is 43.5 Å². The number of halogens is 1. The van der Waals surface area contributed by atoms with Crippen LogP contribution in [0, 0.1) is 0 Å². The summed E-state index contributed by atoms with van der Waals surface area (Å²) in [7, 11) is -2.06. The first kappa shape index (κ1) is 16.8. The Kier molecular flexibility index (Phi) is 5.13. The van der Waals surface area contributed by atoms with Gasteiger partial charge >= 0.3 is 0 Å². The SMILES string of the molecule is COc1ccc(S(=O)(=O)Nc2cccc(Br)c2)cc1C(C)C. The van der Waals surface area contributed by atoms with E-state index in [0.717, 1.165) is 10.0 Å². The Morgan fingerprint density at radius 3 is 2.45 bits per heavy atom. The first-order valence-electron chi connectivity index (χ1n) is 6.80. The summed E-state index contributed by atoms with van der Waals surface area (Å²) in [6.45, 7) is 3.99. The molecule has 0 aromatic heterocycles. The minimum Gasteiger partial charge on any atom is -0.496 e. The zero-order chi connectivity index (χ0) is 16.3. The lowest BCUT2D eigenvalue weighted by Crippen LogP contribution is -2.13. The van der Waals surface area contributed by atoms with Crippen molar-refractivity contribution in [3.63, 3.8) is 0 Å². The molecule has 0 unspecified atom stereocenters. The van der Waals surface area contributed by atoms with Crippen LogP contribution in [0.4, 0.5) is 5.69 Å². The Hall–Kier alpha value is -1.53. The predicted octanol–water partition coefficient (Wildman–Crippen LogP) is 4.38. The number of sulfonamides is 1. The van der Waals surface area contributed by atoms with E-state index in [4.69, 9.17) is 4.74 Å². The van der Waals surface area contributed by atoms with Crippen LogP contribution >= 0.6 is 15.9 Å². The monoisotopic (exact) mass is 383 g/mol. The molecule has 0 fully saturated rings. The Morgan fingerprint density at radius 2 is 1.86 bits per heavy atom. The van der Waals surface area contributed by atoms with Gasteiger partial charge in [0.2, 0.25) is 0 Å². The third-order valence-electron chi connectivity index (χ3n) is 3.21. The van der Waals surface area contributed by atoms with Gasteiger partial charge in [-0.1, -0.05) is 35.8 Å². The molecule has 0 aliphatic carbocycles. The minimum atomic E-state index is -3.64. The smallest absolute Gasteiger partial charge is 0.261 e. The fourth-order valence-corrected chi connectivity index (χ4v) is 3.58. The van der Waals surface area contributed by atoms with Gasteiger partial charge in [-0.2, -0.15) is 0 Å². The highest BCUT2D eigenvalue weighted by Gasteiger charge is 2.18. The fraction of sp³-hybridized carbons (Fsp3) is 0.250. The normalized spacial score (nSPS) is 11.5. The second-order valence-corrected chi connectivity index (χ2v) is 7.77. The van der Waals surface area contributed by atoms with Crippen LogP contribution < -0.4 is 9.46 Å². The third-order valence-corrected chi connectivity index (χ3v) is 5.08. The fourth-order valence-electron chi connectivity index (χ4n) is 2.10. The van der Waals surface area contributed by atoms with Crippen molar-refractivity contribution in [1.29, 1.82) is 0 Å². The van der Waals surface area contributed by atoms with E-state index in [-0.39, 0.29) is 10.8 Å². The molecule has 0 atom stereocenters. The van der Waals surface area contributed by atoms with Crippen LogP contribution in [-0.4, -0.2) is 15.5 Å². The van der Waals surface area contributed by atoms with Gasteiger partial charge in [0.15, 0.2) is 0 Å². The van der Waals surface area contributed by atoms with E-state index in [0.29, 0.717) is 11.4 Å². The van der Waals surface area contributed by atoms with E-state index in [2.05, 4.69) is 20.7 Å². The predicted molar refractivity (Wildman–Crippen MR) is 92.0 cm³/mol. The molecule has 22 heavy (non-hydrogen) atoms. The third kappa shape index (κ3) is 3.81. The van der Waals surface area contributed by atoms with Crippen LogP contribution in [-0.2, 0) is 10.0 Å². The molecule has 0 aliphatic rings. The van der Waals surface area contributed by atoms with Gasteiger partial charge < -0.3 is 4.74 Å². The Bertz CT molecular complexity index is 773. The minimum absolute atomic E-state index is 0.163. The van der Waals surface area contributed by atoms with Gasteiger partial charge in [0.05, 0.1) is 12.0 Å². The summed E-state index contributed by atoms with van der Waals surface area (Å²) < 4.78 is 33.7. The average molecular weight is 384 g/mol. The molecular weight excluding hydrogens is 366 g/mol. The van der Waals surface area contributed by atoms with Crippen molar-refractivity contribution in [3.05, 3.63) is 52.5 Å². The molecular formula is C16H18BrNO3S. The number of anilines is 1. The second-order valence-electron chi connectivity index (χ2n) is 5.17. The maximum Gasteiger partial charge on any atom is 0.261 e. The van der Waals surface area contributed by atoms with Crippen LogP contribution in [0.2, 0.25) is 0 Å². The zero-order valence-corrected chi connectivity index (χ0v) is 15.0. The first-order chi connectivity index (χ1) is 10.3. The number of ether oxygens (including phenoxy) is 1. The zero-order valence-electron chi connectivity index (χ0n) is 12.6. The maximum absolute atomic E-state index is 12.5. The quantitative estimate of drug-likeness (QED) is 0.832. The number of hydrogen-bond donors (Lipinski definition) is 1. The topological polar surface area (TPSA) is 55.4 Å². The molecule has 4 nitrogen and oxygen atoms in total. The lowest BCUT2D eigenvalue weighted by molar-refractivity contribution is 0.407. The maximum atomic E-state index is 12.5. The van der Waals surface area contributed by atoms with Crippen molar-refractivity contribution in [3.8, 4) is 5.75 Å². The molecule has 0 saturated heterocycles. The summed E-state index contributed by atoms with van der Waals surface area (Å²) in [5, 5.41) is 0. The molecule has 0 heterocycles. The van der Waals surface area contributed by atoms with Gasteiger partial charge in [-0.25, -0.2) is 8.42 Å². The molecule has 2 aromatic carbocycles. The van der Waals surface area contributed by atoms with Crippen LogP contribution in [0.1, 0.15) is 25.3 Å². The molecule has 0 spiro atoms. The molecule has 2 aromatic rings. The van der Waals surface area contributed by atoms with Gasteiger partial charge in [0, 0.05) is 10.2 Å². The van der Waals surface area contributed by atoms with E-state index < -0.39 is 10.0 Å². The highest BCUT2D eigenvalue weighted by molar-refractivity contribution is 9.10. The molecule has 0 radical (unpaired) electrons. The van der Waals surface area contributed by atoms with Gasteiger partial charge in [0.1, 0.15) is 5.75 Å². The van der Waals surface area contributed by atoms with Crippen molar-refractivity contribution in [2.45, 2.75) is 24.7 Å². The van der Waals surface area contributed by atoms with Gasteiger partial charge in [-0.05, 0) is 47.9 Å². The number of benzene rings is 2. The van der Waals surface area contributed by atoms with Crippen molar-refractivity contribution >= 4 is 31.6 Å². The van der Waals surface area contributed by atoms with Crippen molar-refractivity contribution in [2.75, 3.05) is 11.8 Å². The molecule has 1 N–H and O–H groups in total. The van der Waals surface area contributed by atoms with Crippen molar-refractivity contribution < 1.29 is 13.2 Å². The number of methoxy groups -OCH3 is 1. The van der Waals surface area contributed by atoms with Crippen LogP contribution in [0.15, 0.2) is 51.8 Å². The summed E-state index contributed by atoms with van der Waals surface area (Å²) in [5.74, 6) is 0.854. The van der Waals surface area contributed by atoms with E-state index in [9.17, 15) is 8.42 Å². The molecule has 0 saturated carbocycles. The summed E-state index contributed by atoms with van der Waals surface area (Å²) in [5.41, 5.74) is 1.37. The number of hydrogen-bond acceptors (Lipinski definition) is 3. The lowest BCUT2D eigenvalue weighted by atomic mass is 10.0. The van der Waals surface area contributed by atoms with Crippen LogP contribution in [0.5, 0.6) is 5.75 Å². The Labute approximate surface area is 139 Å². The van der Waals surface area contributed by atoms with Gasteiger partial charge in [-0.3, -0.25) is 4.72 Å². The van der Waals surface area contributed by atoms with Crippen molar-refractivity contribution in [1.82, 2.24) is 0 Å². The second kappa shape index (κ2) is 6.71. The van der Waals surface area contributed by atoms with E-state index in [1.807, 2.05) is 19.9 Å². The standard InChI is InChI=1S/C16H18BrNO3S/c1-11(2)15-10-14(7-8-16(15)21-3)22(19,20)18-13-6-4-5-12(17)9-13/h4-11,18H,1-3H3. The first-order valence-corrected chi connectivity index (χ1v) is 9.07. The van der Waals surface area contributed by atoms with E-state index in [1.165, 1.54) is 0 Å². The van der Waals surface area contributed by atoms with Gasteiger partial charge in [-0.15, -0.1) is 0 Å². The summed E-state index contributed by atoms with van der Waals surface area (Å²) >= 11 is 3.32. The Balaban J connectivity index is 2.39.